The highest BCUT2D eigenvalue weighted by atomic mass is 16.6. The van der Waals surface area contributed by atoms with Gasteiger partial charge in [0, 0.05) is 37.4 Å². The molecule has 9 nitrogen and oxygen atoms in total. The van der Waals surface area contributed by atoms with Crippen LogP contribution in [0.1, 0.15) is 31.9 Å². The molecule has 0 aliphatic heterocycles. The molecule has 0 saturated carbocycles. The van der Waals surface area contributed by atoms with Gasteiger partial charge in [0.05, 0.1) is 9.85 Å². The van der Waals surface area contributed by atoms with Gasteiger partial charge >= 0.3 is 6.09 Å². The first-order valence-electron chi connectivity index (χ1n) is 9.00. The van der Waals surface area contributed by atoms with Crippen LogP contribution in [0.25, 0.3) is 0 Å². The van der Waals surface area contributed by atoms with Gasteiger partial charge in [-0.3, -0.25) is 20.2 Å². The van der Waals surface area contributed by atoms with Gasteiger partial charge in [0.25, 0.3) is 11.4 Å². The molecule has 0 atom stereocenters. The third-order valence-corrected chi connectivity index (χ3v) is 3.99. The molecule has 154 valence electrons. The maximum atomic E-state index is 12.6. The Bertz CT molecular complexity index is 873. The zero-order valence-corrected chi connectivity index (χ0v) is 16.5. The van der Waals surface area contributed by atoms with E-state index in [1.807, 2.05) is 0 Å². The Hall–Kier alpha value is -3.49. The van der Waals surface area contributed by atoms with E-state index in [4.69, 9.17) is 4.74 Å². The number of hydrogen-bond acceptors (Lipinski definition) is 6. The number of ether oxygens (including phenoxy) is 1. The van der Waals surface area contributed by atoms with Gasteiger partial charge in [-0.15, -0.1) is 0 Å². The number of amides is 1. The topological polar surface area (TPSA) is 116 Å². The van der Waals surface area contributed by atoms with Crippen molar-refractivity contribution in [1.82, 2.24) is 4.90 Å². The summed E-state index contributed by atoms with van der Waals surface area (Å²) in [4.78, 5) is 34.7. The number of hydrogen-bond donors (Lipinski definition) is 0. The molecule has 0 spiro atoms. The van der Waals surface area contributed by atoms with Crippen LogP contribution in [0.3, 0.4) is 0 Å². The van der Waals surface area contributed by atoms with Gasteiger partial charge in [-0.05, 0) is 38.3 Å². The number of non-ortho nitro benzene ring substituents is 2. The van der Waals surface area contributed by atoms with E-state index in [0.29, 0.717) is 13.0 Å². The molecule has 0 aromatic heterocycles. The molecule has 0 heterocycles. The van der Waals surface area contributed by atoms with Gasteiger partial charge in [0.2, 0.25) is 0 Å². The second-order valence-electron chi connectivity index (χ2n) is 7.50. The Kier molecular flexibility index (Phi) is 6.87. The van der Waals surface area contributed by atoms with E-state index >= 15 is 0 Å². The first-order valence-corrected chi connectivity index (χ1v) is 9.00. The minimum atomic E-state index is -0.668. The second-order valence-corrected chi connectivity index (χ2v) is 7.50. The van der Waals surface area contributed by atoms with Crippen LogP contribution in [-0.2, 0) is 17.7 Å². The van der Waals surface area contributed by atoms with Crippen molar-refractivity contribution in [2.45, 2.75) is 39.3 Å². The van der Waals surface area contributed by atoms with Gasteiger partial charge in [-0.2, -0.15) is 0 Å². The Morgan fingerprint density at radius 3 is 1.76 bits per heavy atom. The van der Waals surface area contributed by atoms with E-state index < -0.39 is 21.5 Å². The van der Waals surface area contributed by atoms with Gasteiger partial charge in [0.1, 0.15) is 5.60 Å². The zero-order chi connectivity index (χ0) is 21.6. The van der Waals surface area contributed by atoms with Gasteiger partial charge in [-0.25, -0.2) is 4.79 Å². The number of nitrogens with zero attached hydrogens (tertiary/aromatic N) is 3. The average Bonchev–Trinajstić information content (AvgIpc) is 2.64. The van der Waals surface area contributed by atoms with Crippen LogP contribution in [-0.4, -0.2) is 33.0 Å². The normalized spacial score (nSPS) is 11.0. The molecule has 1 amide bonds. The maximum absolute atomic E-state index is 12.6. The summed E-state index contributed by atoms with van der Waals surface area (Å²) in [6.07, 6.45) is -0.0257. The van der Waals surface area contributed by atoms with E-state index in [1.54, 1.807) is 45.0 Å². The van der Waals surface area contributed by atoms with Crippen molar-refractivity contribution in [3.05, 3.63) is 79.9 Å². The molecule has 0 aliphatic carbocycles. The summed E-state index contributed by atoms with van der Waals surface area (Å²) in [5.74, 6) is 0. The predicted octanol–water partition coefficient (Wildman–Crippen LogP) is 4.48. The SMILES string of the molecule is CC(C)(C)OC(=O)N(CCc1ccc([N+](=O)[O-])cc1)Cc1ccc([N+](=O)[O-])cc1. The fourth-order valence-electron chi connectivity index (χ4n) is 2.55. The van der Waals surface area contributed by atoms with Crippen LogP contribution in [0.15, 0.2) is 48.5 Å². The summed E-state index contributed by atoms with van der Waals surface area (Å²) in [5.41, 5.74) is 0.878. The molecule has 0 fully saturated rings. The summed E-state index contributed by atoms with van der Waals surface area (Å²) < 4.78 is 5.46. The largest absolute Gasteiger partial charge is 0.444 e. The molecule has 2 aromatic rings. The number of carbonyl (C=O) groups is 1. The maximum Gasteiger partial charge on any atom is 0.410 e. The van der Waals surface area contributed by atoms with E-state index in [1.165, 1.54) is 29.2 Å². The van der Waals surface area contributed by atoms with Crippen LogP contribution in [0.2, 0.25) is 0 Å². The van der Waals surface area contributed by atoms with Gasteiger partial charge < -0.3 is 9.64 Å². The van der Waals surface area contributed by atoms with Crippen molar-refractivity contribution >= 4 is 17.5 Å². The van der Waals surface area contributed by atoms with Crippen LogP contribution in [0.4, 0.5) is 16.2 Å². The highest BCUT2D eigenvalue weighted by Crippen LogP contribution is 2.17. The Morgan fingerprint density at radius 2 is 1.34 bits per heavy atom. The number of carbonyl (C=O) groups excluding carboxylic acids is 1. The number of nitro benzene ring substituents is 2. The Labute approximate surface area is 168 Å². The van der Waals surface area contributed by atoms with Gasteiger partial charge in [-0.1, -0.05) is 24.3 Å². The van der Waals surface area contributed by atoms with Crippen molar-refractivity contribution in [2.75, 3.05) is 6.54 Å². The summed E-state index contributed by atoms with van der Waals surface area (Å²) in [5, 5.41) is 21.6. The fourth-order valence-corrected chi connectivity index (χ4v) is 2.55. The molecule has 2 rings (SSSR count). The lowest BCUT2D eigenvalue weighted by Gasteiger charge is -2.27. The van der Waals surface area contributed by atoms with Crippen LogP contribution in [0, 0.1) is 20.2 Å². The molecule has 0 bridgehead atoms. The zero-order valence-electron chi connectivity index (χ0n) is 16.5. The van der Waals surface area contributed by atoms with Gasteiger partial charge in [0.15, 0.2) is 0 Å². The third-order valence-electron chi connectivity index (χ3n) is 3.99. The van der Waals surface area contributed by atoms with Crippen molar-refractivity contribution in [2.24, 2.45) is 0 Å². The molecule has 0 saturated heterocycles. The standard InChI is InChI=1S/C20H23N3O6/c1-20(2,3)29-19(24)21(14-16-6-10-18(11-7-16)23(27)28)13-12-15-4-8-17(9-5-15)22(25)26/h4-11H,12-14H2,1-3H3. The smallest absolute Gasteiger partial charge is 0.410 e. The molecule has 0 aliphatic rings. The monoisotopic (exact) mass is 401 g/mol. The van der Waals surface area contributed by atoms with E-state index in [2.05, 4.69) is 0 Å². The lowest BCUT2D eigenvalue weighted by Crippen LogP contribution is -2.37. The molecular weight excluding hydrogens is 378 g/mol. The number of rotatable bonds is 7. The second kappa shape index (κ2) is 9.13. The van der Waals surface area contributed by atoms with E-state index in [0.717, 1.165) is 11.1 Å². The first-order chi connectivity index (χ1) is 13.5. The molecular formula is C20H23N3O6. The minimum absolute atomic E-state index is 0.00336. The highest BCUT2D eigenvalue weighted by Gasteiger charge is 2.22. The molecule has 2 aromatic carbocycles. The van der Waals surface area contributed by atoms with Crippen LogP contribution in [0.5, 0.6) is 0 Å². The van der Waals surface area contributed by atoms with Crippen LogP contribution >= 0.6 is 0 Å². The lowest BCUT2D eigenvalue weighted by molar-refractivity contribution is -0.385. The van der Waals surface area contributed by atoms with Crippen molar-refractivity contribution < 1.29 is 19.4 Å². The van der Waals surface area contributed by atoms with E-state index in [9.17, 15) is 25.0 Å². The molecule has 0 radical (unpaired) electrons. The summed E-state index contributed by atoms with van der Waals surface area (Å²) >= 11 is 0. The predicted molar refractivity (Wildman–Crippen MR) is 107 cm³/mol. The highest BCUT2D eigenvalue weighted by molar-refractivity contribution is 5.68. The van der Waals surface area contributed by atoms with Crippen molar-refractivity contribution in [1.29, 1.82) is 0 Å². The Morgan fingerprint density at radius 1 is 0.897 bits per heavy atom. The summed E-state index contributed by atoms with van der Waals surface area (Å²) in [7, 11) is 0. The molecule has 0 unspecified atom stereocenters. The van der Waals surface area contributed by atoms with E-state index in [-0.39, 0.29) is 17.9 Å². The summed E-state index contributed by atoms with van der Waals surface area (Å²) in [6, 6.07) is 12.1. The first kappa shape index (κ1) is 21.8. The molecule has 29 heavy (non-hydrogen) atoms. The minimum Gasteiger partial charge on any atom is -0.444 e. The van der Waals surface area contributed by atoms with Crippen molar-refractivity contribution in [3.8, 4) is 0 Å². The number of benzene rings is 2. The Balaban J connectivity index is 2.12. The van der Waals surface area contributed by atoms with Crippen molar-refractivity contribution in [3.63, 3.8) is 0 Å². The summed E-state index contributed by atoms with van der Waals surface area (Å²) in [6.45, 7) is 5.85. The quantitative estimate of drug-likeness (QED) is 0.499. The third kappa shape index (κ3) is 6.87. The van der Waals surface area contributed by atoms with Crippen LogP contribution < -0.4 is 0 Å². The molecule has 0 N–H and O–H groups in total. The molecule has 9 heteroatoms. The lowest BCUT2D eigenvalue weighted by atomic mass is 10.1. The fraction of sp³-hybridized carbons (Fsp3) is 0.350. The number of nitro groups is 2. The average molecular weight is 401 g/mol.